The van der Waals surface area contributed by atoms with E-state index in [1.54, 1.807) is 11.8 Å². The minimum atomic E-state index is 0.139. The Hall–Kier alpha value is -2.12. The van der Waals surface area contributed by atoms with Crippen molar-refractivity contribution in [3.05, 3.63) is 36.2 Å². The lowest BCUT2D eigenvalue weighted by molar-refractivity contribution is 0.0960. The SMILES string of the molecule is CCCCN1CCC(Oc2ncnc(Nc3ccc(SC)cc3)c2C=N)CC1. The molecule has 0 bridgehead atoms. The van der Waals surface area contributed by atoms with Crippen molar-refractivity contribution in [1.82, 2.24) is 14.9 Å². The van der Waals surface area contributed by atoms with E-state index in [1.165, 1.54) is 36.8 Å². The largest absolute Gasteiger partial charge is 0.474 e. The second-order valence-electron chi connectivity index (χ2n) is 6.95. The van der Waals surface area contributed by atoms with E-state index in [2.05, 4.69) is 45.5 Å². The van der Waals surface area contributed by atoms with Gasteiger partial charge >= 0.3 is 0 Å². The molecule has 0 spiro atoms. The fraction of sp³-hybridized carbons (Fsp3) is 0.476. The molecule has 28 heavy (non-hydrogen) atoms. The molecular formula is C21H29N5OS. The molecule has 0 amide bonds. The molecule has 0 atom stereocenters. The number of nitrogens with zero attached hydrogens (tertiary/aromatic N) is 3. The maximum absolute atomic E-state index is 7.84. The van der Waals surface area contributed by atoms with Gasteiger partial charge in [-0.05, 0) is 56.3 Å². The Balaban J connectivity index is 1.65. The Labute approximate surface area is 171 Å². The quantitative estimate of drug-likeness (QED) is 0.475. The first kappa shape index (κ1) is 20.6. The van der Waals surface area contributed by atoms with Crippen molar-refractivity contribution in [2.75, 3.05) is 31.2 Å². The first-order valence-electron chi connectivity index (χ1n) is 9.89. The molecule has 2 heterocycles. The highest BCUT2D eigenvalue weighted by atomic mass is 32.2. The maximum Gasteiger partial charge on any atom is 0.227 e. The number of rotatable bonds is 9. The average Bonchev–Trinajstić information content (AvgIpc) is 2.74. The Morgan fingerprint density at radius 3 is 2.64 bits per heavy atom. The highest BCUT2D eigenvalue weighted by molar-refractivity contribution is 7.98. The number of unbranched alkanes of at least 4 members (excludes halogenated alkanes) is 1. The topological polar surface area (TPSA) is 74.1 Å². The second kappa shape index (κ2) is 10.4. The fourth-order valence-corrected chi connectivity index (χ4v) is 3.71. The molecule has 6 nitrogen and oxygen atoms in total. The molecular weight excluding hydrogens is 370 g/mol. The lowest BCUT2D eigenvalue weighted by Crippen LogP contribution is -2.38. The Kier molecular flexibility index (Phi) is 7.68. The van der Waals surface area contributed by atoms with E-state index in [-0.39, 0.29) is 6.10 Å². The third-order valence-corrected chi connectivity index (χ3v) is 5.73. The lowest BCUT2D eigenvalue weighted by Gasteiger charge is -2.32. The van der Waals surface area contributed by atoms with E-state index in [0.29, 0.717) is 17.3 Å². The first-order valence-corrected chi connectivity index (χ1v) is 11.1. The number of benzene rings is 1. The van der Waals surface area contributed by atoms with Crippen LogP contribution in [-0.2, 0) is 0 Å². The van der Waals surface area contributed by atoms with Crippen molar-refractivity contribution in [3.8, 4) is 5.88 Å². The Bertz CT molecular complexity index is 760. The van der Waals surface area contributed by atoms with Crippen LogP contribution in [0.4, 0.5) is 11.5 Å². The molecule has 3 rings (SSSR count). The summed E-state index contributed by atoms with van der Waals surface area (Å²) in [5, 5.41) is 11.1. The summed E-state index contributed by atoms with van der Waals surface area (Å²) < 4.78 is 6.17. The smallest absolute Gasteiger partial charge is 0.227 e. The van der Waals surface area contributed by atoms with E-state index in [0.717, 1.165) is 31.6 Å². The highest BCUT2D eigenvalue weighted by Gasteiger charge is 2.22. The number of aromatic nitrogens is 2. The lowest BCUT2D eigenvalue weighted by atomic mass is 10.1. The molecule has 0 unspecified atom stereocenters. The summed E-state index contributed by atoms with van der Waals surface area (Å²) in [7, 11) is 0. The third-order valence-electron chi connectivity index (χ3n) is 4.99. The van der Waals surface area contributed by atoms with Crippen LogP contribution in [0.3, 0.4) is 0 Å². The molecule has 7 heteroatoms. The van der Waals surface area contributed by atoms with E-state index >= 15 is 0 Å². The second-order valence-corrected chi connectivity index (χ2v) is 7.83. The van der Waals surface area contributed by atoms with Crippen molar-refractivity contribution >= 4 is 29.5 Å². The Morgan fingerprint density at radius 2 is 2.00 bits per heavy atom. The van der Waals surface area contributed by atoms with Gasteiger partial charge in [-0.25, -0.2) is 9.97 Å². The minimum Gasteiger partial charge on any atom is -0.474 e. The zero-order valence-corrected chi connectivity index (χ0v) is 17.5. The van der Waals surface area contributed by atoms with Gasteiger partial charge in [-0.2, -0.15) is 0 Å². The van der Waals surface area contributed by atoms with Crippen molar-refractivity contribution in [2.24, 2.45) is 0 Å². The van der Waals surface area contributed by atoms with Gasteiger partial charge < -0.3 is 20.4 Å². The molecule has 0 saturated carbocycles. The van der Waals surface area contributed by atoms with Gasteiger partial charge in [0.15, 0.2) is 0 Å². The van der Waals surface area contributed by atoms with E-state index in [4.69, 9.17) is 10.1 Å². The van der Waals surface area contributed by atoms with Gasteiger partial charge in [0.1, 0.15) is 18.2 Å². The maximum atomic E-state index is 7.84. The zero-order valence-electron chi connectivity index (χ0n) is 16.6. The van der Waals surface area contributed by atoms with Gasteiger partial charge in [0.05, 0.1) is 5.56 Å². The van der Waals surface area contributed by atoms with Crippen molar-refractivity contribution < 1.29 is 4.74 Å². The molecule has 2 N–H and O–H groups in total. The van der Waals surface area contributed by atoms with Gasteiger partial charge in [0.2, 0.25) is 5.88 Å². The van der Waals surface area contributed by atoms with Gasteiger partial charge in [-0.3, -0.25) is 0 Å². The van der Waals surface area contributed by atoms with Crippen LogP contribution < -0.4 is 10.1 Å². The van der Waals surface area contributed by atoms with Crippen LogP contribution in [0.1, 0.15) is 38.2 Å². The molecule has 1 aliphatic rings. The molecule has 150 valence electrons. The molecule has 1 aromatic carbocycles. The number of thioether (sulfide) groups is 1. The number of hydrogen-bond acceptors (Lipinski definition) is 7. The van der Waals surface area contributed by atoms with Crippen LogP contribution in [0, 0.1) is 5.41 Å². The summed E-state index contributed by atoms with van der Waals surface area (Å²) in [4.78, 5) is 12.3. The number of anilines is 2. The molecule has 1 fully saturated rings. The fourth-order valence-electron chi connectivity index (χ4n) is 3.30. The number of likely N-dealkylation sites (tertiary alicyclic amines) is 1. The number of ether oxygens (including phenoxy) is 1. The molecule has 1 aromatic heterocycles. The molecule has 1 saturated heterocycles. The van der Waals surface area contributed by atoms with Crippen molar-refractivity contribution in [2.45, 2.75) is 43.6 Å². The van der Waals surface area contributed by atoms with Crippen molar-refractivity contribution in [1.29, 1.82) is 5.41 Å². The monoisotopic (exact) mass is 399 g/mol. The van der Waals surface area contributed by atoms with Crippen LogP contribution in [-0.4, -0.2) is 53.1 Å². The highest BCUT2D eigenvalue weighted by Crippen LogP contribution is 2.27. The van der Waals surface area contributed by atoms with Gasteiger partial charge in [0.25, 0.3) is 0 Å². The average molecular weight is 400 g/mol. The van der Waals surface area contributed by atoms with E-state index in [9.17, 15) is 0 Å². The predicted molar refractivity (Wildman–Crippen MR) is 116 cm³/mol. The summed E-state index contributed by atoms with van der Waals surface area (Å²) in [5.74, 6) is 1.08. The van der Waals surface area contributed by atoms with Crippen molar-refractivity contribution in [3.63, 3.8) is 0 Å². The standard InChI is InChI=1S/C21H29N5OS/c1-3-4-11-26-12-9-17(10-13-26)27-21-19(14-22)20(23-15-24-21)25-16-5-7-18(28-2)8-6-16/h5-8,14-15,17,22H,3-4,9-13H2,1-2H3,(H,23,24,25). The molecule has 0 aliphatic carbocycles. The molecule has 0 radical (unpaired) electrons. The third kappa shape index (κ3) is 5.45. The first-order chi connectivity index (χ1) is 13.7. The van der Waals surface area contributed by atoms with Crippen LogP contribution >= 0.6 is 11.8 Å². The number of piperidine rings is 1. The van der Waals surface area contributed by atoms with Gasteiger partial charge in [-0.1, -0.05) is 13.3 Å². The van der Waals surface area contributed by atoms with Crippen LogP contribution in [0.5, 0.6) is 5.88 Å². The summed E-state index contributed by atoms with van der Waals surface area (Å²) in [6.07, 6.45) is 9.42. The van der Waals surface area contributed by atoms with E-state index in [1.807, 2.05) is 12.1 Å². The number of nitrogens with one attached hydrogen (secondary N) is 2. The van der Waals surface area contributed by atoms with Gasteiger partial charge in [0, 0.05) is 29.9 Å². The molecule has 2 aromatic rings. The summed E-state index contributed by atoms with van der Waals surface area (Å²) >= 11 is 1.70. The zero-order chi connectivity index (χ0) is 19.8. The van der Waals surface area contributed by atoms with Crippen LogP contribution in [0.15, 0.2) is 35.5 Å². The summed E-state index contributed by atoms with van der Waals surface area (Å²) in [5.41, 5.74) is 1.51. The summed E-state index contributed by atoms with van der Waals surface area (Å²) in [6, 6.07) is 8.13. The minimum absolute atomic E-state index is 0.139. The van der Waals surface area contributed by atoms with Gasteiger partial charge in [-0.15, -0.1) is 11.8 Å². The van der Waals surface area contributed by atoms with E-state index < -0.39 is 0 Å². The predicted octanol–water partition coefficient (Wildman–Crippen LogP) is 4.58. The summed E-state index contributed by atoms with van der Waals surface area (Å²) in [6.45, 7) is 5.52. The van der Waals surface area contributed by atoms with Crippen LogP contribution in [0.25, 0.3) is 0 Å². The normalized spacial score (nSPS) is 15.4. The number of hydrogen-bond donors (Lipinski definition) is 2. The van der Waals surface area contributed by atoms with Crippen LogP contribution in [0.2, 0.25) is 0 Å². The molecule has 1 aliphatic heterocycles. The Morgan fingerprint density at radius 1 is 1.25 bits per heavy atom.